The summed E-state index contributed by atoms with van der Waals surface area (Å²) in [7, 11) is 0. The minimum Gasteiger partial charge on any atom is -0.454 e. The Morgan fingerprint density at radius 1 is 1.21 bits per heavy atom. The lowest BCUT2D eigenvalue weighted by Crippen LogP contribution is -2.37. The van der Waals surface area contributed by atoms with Gasteiger partial charge in [0.2, 0.25) is 12.7 Å². The molecule has 1 aromatic heterocycles. The van der Waals surface area contributed by atoms with Crippen molar-refractivity contribution in [2.75, 3.05) is 19.9 Å². The third-order valence-corrected chi connectivity index (χ3v) is 4.78. The zero-order chi connectivity index (χ0) is 20.2. The maximum atomic E-state index is 12.4. The molecule has 0 atom stereocenters. The van der Waals surface area contributed by atoms with E-state index in [0.29, 0.717) is 47.9 Å². The molecule has 2 N–H and O–H groups in total. The second kappa shape index (κ2) is 8.32. The van der Waals surface area contributed by atoms with E-state index in [1.807, 2.05) is 48.2 Å². The average molecular weight is 394 g/mol. The Bertz CT molecular complexity index is 1100. The van der Waals surface area contributed by atoms with Crippen LogP contribution in [0.3, 0.4) is 0 Å². The van der Waals surface area contributed by atoms with Crippen molar-refractivity contribution in [3.63, 3.8) is 0 Å². The Labute approximate surface area is 167 Å². The smallest absolute Gasteiger partial charge is 0.258 e. The lowest BCUT2D eigenvalue weighted by molar-refractivity contribution is -0.122. The molecule has 1 aliphatic heterocycles. The minimum absolute atomic E-state index is 0.104. The molecule has 1 aliphatic rings. The minimum atomic E-state index is -0.172. The average Bonchev–Trinajstić information content (AvgIpc) is 3.19. The molecular formula is C21H22N4O4. The Hall–Kier alpha value is -3.39. The van der Waals surface area contributed by atoms with Crippen molar-refractivity contribution < 1.29 is 14.3 Å². The third-order valence-electron chi connectivity index (χ3n) is 4.78. The van der Waals surface area contributed by atoms with Crippen LogP contribution >= 0.6 is 0 Å². The van der Waals surface area contributed by atoms with Gasteiger partial charge in [-0.2, -0.15) is 0 Å². The number of hydrogen-bond donors (Lipinski definition) is 2. The van der Waals surface area contributed by atoms with E-state index in [2.05, 4.69) is 15.3 Å². The number of fused-ring (bicyclic) bond motifs is 2. The first-order valence-electron chi connectivity index (χ1n) is 9.48. The molecule has 0 unspecified atom stereocenters. The highest BCUT2D eigenvalue weighted by molar-refractivity contribution is 5.78. The van der Waals surface area contributed by atoms with Crippen LogP contribution in [0, 0.1) is 0 Å². The third kappa shape index (κ3) is 4.38. The van der Waals surface area contributed by atoms with Crippen LogP contribution in [0.2, 0.25) is 0 Å². The van der Waals surface area contributed by atoms with Crippen molar-refractivity contribution in [1.29, 1.82) is 0 Å². The normalized spacial score (nSPS) is 12.5. The molecule has 2 heterocycles. The molecule has 0 spiro atoms. The number of carbonyl (C=O) groups is 1. The van der Waals surface area contributed by atoms with Crippen molar-refractivity contribution in [2.24, 2.45) is 0 Å². The van der Waals surface area contributed by atoms with E-state index in [9.17, 15) is 9.59 Å². The van der Waals surface area contributed by atoms with Crippen molar-refractivity contribution in [3.8, 4) is 11.5 Å². The van der Waals surface area contributed by atoms with Crippen LogP contribution in [-0.4, -0.2) is 40.7 Å². The summed E-state index contributed by atoms with van der Waals surface area (Å²) < 4.78 is 10.6. The number of carbonyl (C=O) groups excluding carboxylic acids is 1. The number of likely N-dealkylation sites (N-methyl/N-ethyl adjacent to an activating group) is 1. The highest BCUT2D eigenvalue weighted by Crippen LogP contribution is 2.32. The van der Waals surface area contributed by atoms with Crippen LogP contribution in [0.1, 0.15) is 18.3 Å². The summed E-state index contributed by atoms with van der Waals surface area (Å²) in [5.74, 6) is 1.85. The number of para-hydroxylation sites is 1. The molecule has 29 heavy (non-hydrogen) atoms. The second-order valence-corrected chi connectivity index (χ2v) is 6.80. The number of rotatable bonds is 7. The molecule has 1 amide bonds. The molecule has 0 aliphatic carbocycles. The van der Waals surface area contributed by atoms with E-state index in [0.717, 1.165) is 5.56 Å². The van der Waals surface area contributed by atoms with Gasteiger partial charge in [0.05, 0.1) is 24.0 Å². The fourth-order valence-electron chi connectivity index (χ4n) is 3.21. The van der Waals surface area contributed by atoms with Crippen molar-refractivity contribution in [1.82, 2.24) is 20.2 Å². The predicted octanol–water partition coefficient (Wildman–Crippen LogP) is 1.79. The van der Waals surface area contributed by atoms with Crippen molar-refractivity contribution in [2.45, 2.75) is 20.0 Å². The molecule has 8 heteroatoms. The Morgan fingerprint density at radius 3 is 2.90 bits per heavy atom. The fraction of sp³-hybridized carbons (Fsp3) is 0.286. The van der Waals surface area contributed by atoms with Gasteiger partial charge in [-0.3, -0.25) is 14.5 Å². The number of H-pyrrole nitrogens is 1. The Morgan fingerprint density at radius 2 is 2.03 bits per heavy atom. The SMILES string of the molecule is CCN(CC(=O)NCc1ccc2c(c1)OCO2)Cc1nc2ccccc2c(=O)[nH]1. The maximum Gasteiger partial charge on any atom is 0.258 e. The molecule has 0 saturated carbocycles. The molecule has 0 fully saturated rings. The first kappa shape index (κ1) is 18.9. The van der Waals surface area contributed by atoms with Gasteiger partial charge in [-0.1, -0.05) is 25.1 Å². The summed E-state index contributed by atoms with van der Waals surface area (Å²) in [4.78, 5) is 33.8. The number of ether oxygens (including phenoxy) is 2. The van der Waals surface area contributed by atoms with Crippen LogP contribution in [-0.2, 0) is 17.9 Å². The van der Waals surface area contributed by atoms with E-state index in [-0.39, 0.29) is 24.8 Å². The van der Waals surface area contributed by atoms with Gasteiger partial charge in [0, 0.05) is 6.54 Å². The Kier molecular flexibility index (Phi) is 5.44. The van der Waals surface area contributed by atoms with Gasteiger partial charge in [-0.25, -0.2) is 4.98 Å². The van der Waals surface area contributed by atoms with Gasteiger partial charge in [0.1, 0.15) is 5.82 Å². The number of amides is 1. The van der Waals surface area contributed by atoms with Crippen molar-refractivity contribution in [3.05, 3.63) is 64.2 Å². The summed E-state index contributed by atoms with van der Waals surface area (Å²) in [6.45, 7) is 3.82. The fourth-order valence-corrected chi connectivity index (χ4v) is 3.21. The summed E-state index contributed by atoms with van der Waals surface area (Å²) >= 11 is 0. The zero-order valence-corrected chi connectivity index (χ0v) is 16.1. The van der Waals surface area contributed by atoms with Crippen LogP contribution in [0.15, 0.2) is 47.3 Å². The van der Waals surface area contributed by atoms with Gasteiger partial charge in [0.15, 0.2) is 11.5 Å². The summed E-state index contributed by atoms with van der Waals surface area (Å²) in [6.07, 6.45) is 0. The number of aromatic nitrogens is 2. The summed E-state index contributed by atoms with van der Waals surface area (Å²) in [6, 6.07) is 12.8. The lowest BCUT2D eigenvalue weighted by atomic mass is 10.2. The molecule has 3 aromatic rings. The largest absolute Gasteiger partial charge is 0.454 e. The van der Waals surface area contributed by atoms with E-state index in [1.165, 1.54) is 0 Å². The van der Waals surface area contributed by atoms with Gasteiger partial charge in [-0.15, -0.1) is 0 Å². The monoisotopic (exact) mass is 394 g/mol. The molecule has 150 valence electrons. The van der Waals surface area contributed by atoms with E-state index in [4.69, 9.17) is 9.47 Å². The predicted molar refractivity (Wildman–Crippen MR) is 108 cm³/mol. The number of aromatic amines is 1. The second-order valence-electron chi connectivity index (χ2n) is 6.80. The molecule has 0 radical (unpaired) electrons. The topological polar surface area (TPSA) is 96.6 Å². The van der Waals surface area contributed by atoms with Gasteiger partial charge < -0.3 is 19.8 Å². The molecule has 0 bridgehead atoms. The van der Waals surface area contributed by atoms with Crippen LogP contribution in [0.25, 0.3) is 10.9 Å². The number of benzene rings is 2. The highest BCUT2D eigenvalue weighted by Gasteiger charge is 2.15. The number of nitrogens with one attached hydrogen (secondary N) is 2. The van der Waals surface area contributed by atoms with E-state index < -0.39 is 0 Å². The first-order valence-corrected chi connectivity index (χ1v) is 9.48. The lowest BCUT2D eigenvalue weighted by Gasteiger charge is -2.19. The standard InChI is InChI=1S/C21H22N4O4/c1-2-25(11-19-23-16-6-4-3-5-15(16)21(27)24-19)12-20(26)22-10-14-7-8-17-18(9-14)29-13-28-17/h3-9H,2,10-13H2,1H3,(H,22,26)(H,23,24,27). The molecule has 2 aromatic carbocycles. The van der Waals surface area contributed by atoms with Gasteiger partial charge in [-0.05, 0) is 36.4 Å². The molecule has 8 nitrogen and oxygen atoms in total. The van der Waals surface area contributed by atoms with Crippen molar-refractivity contribution >= 4 is 16.8 Å². The molecule has 4 rings (SSSR count). The molecular weight excluding hydrogens is 372 g/mol. The first-order chi connectivity index (χ1) is 14.1. The quantitative estimate of drug-likeness (QED) is 0.634. The van der Waals surface area contributed by atoms with Crippen LogP contribution < -0.4 is 20.3 Å². The number of hydrogen-bond acceptors (Lipinski definition) is 6. The summed E-state index contributed by atoms with van der Waals surface area (Å²) in [5.41, 5.74) is 1.41. The maximum absolute atomic E-state index is 12.4. The summed E-state index contributed by atoms with van der Waals surface area (Å²) in [5, 5.41) is 3.47. The zero-order valence-electron chi connectivity index (χ0n) is 16.1. The van der Waals surface area contributed by atoms with Crippen LogP contribution in [0.4, 0.5) is 0 Å². The van der Waals surface area contributed by atoms with Gasteiger partial charge in [0.25, 0.3) is 5.56 Å². The van der Waals surface area contributed by atoms with Crippen LogP contribution in [0.5, 0.6) is 11.5 Å². The van der Waals surface area contributed by atoms with E-state index >= 15 is 0 Å². The van der Waals surface area contributed by atoms with E-state index in [1.54, 1.807) is 6.07 Å². The highest BCUT2D eigenvalue weighted by atomic mass is 16.7. The molecule has 0 saturated heterocycles. The number of nitrogens with zero attached hydrogens (tertiary/aromatic N) is 2. The van der Waals surface area contributed by atoms with Gasteiger partial charge >= 0.3 is 0 Å². The Balaban J connectivity index is 1.36.